The molecule has 1 aliphatic carbocycles. The molecule has 1 radical (unpaired) electrons. The third-order valence-electron chi connectivity index (χ3n) is 8.55. The van der Waals surface area contributed by atoms with Crippen LogP contribution in [0.25, 0.3) is 33.0 Å². The van der Waals surface area contributed by atoms with E-state index < -0.39 is 0 Å². The van der Waals surface area contributed by atoms with Gasteiger partial charge in [-0.25, -0.2) is 0 Å². The van der Waals surface area contributed by atoms with Gasteiger partial charge in [0.1, 0.15) is 0 Å². The van der Waals surface area contributed by atoms with Crippen molar-refractivity contribution in [2.24, 2.45) is 11.8 Å². The fourth-order valence-corrected chi connectivity index (χ4v) is 6.01. The molecule has 4 aromatic rings. The van der Waals surface area contributed by atoms with E-state index in [4.69, 9.17) is 4.42 Å². The van der Waals surface area contributed by atoms with Gasteiger partial charge in [0, 0.05) is 44.2 Å². The van der Waals surface area contributed by atoms with E-state index in [1.165, 1.54) is 48.1 Å². The van der Waals surface area contributed by atoms with Crippen molar-refractivity contribution in [1.82, 2.24) is 4.98 Å². The van der Waals surface area contributed by atoms with E-state index in [0.29, 0.717) is 0 Å². The molecule has 1 aliphatic rings. The zero-order valence-corrected chi connectivity index (χ0v) is 27.5. The Balaban J connectivity index is 0.000000253. The number of carbonyl (C=O) groups is 1. The van der Waals surface area contributed by atoms with E-state index in [0.717, 1.165) is 59.4 Å². The van der Waals surface area contributed by atoms with E-state index in [2.05, 4.69) is 48.3 Å². The number of ketones is 1. The molecule has 1 saturated carbocycles. The number of pyridine rings is 1. The number of carbonyl (C=O) groups excluding carboxylic acids is 1. The molecule has 0 aliphatic heterocycles. The fraction of sp³-hybridized carbons (Fsp3) is 0.444. The van der Waals surface area contributed by atoms with E-state index in [1.807, 2.05) is 40.0 Å². The summed E-state index contributed by atoms with van der Waals surface area (Å²) in [6.07, 6.45) is 13.9. The van der Waals surface area contributed by atoms with Crippen molar-refractivity contribution in [3.63, 3.8) is 0 Å². The average molecular weight is 731 g/mol. The summed E-state index contributed by atoms with van der Waals surface area (Å²) in [4.78, 5) is 16.4. The molecule has 4 nitrogen and oxygen atoms in total. The number of benzene rings is 2. The van der Waals surface area contributed by atoms with Gasteiger partial charge in [0.2, 0.25) is 0 Å². The Morgan fingerprint density at radius 3 is 2.34 bits per heavy atom. The number of hydrogen-bond donors (Lipinski definition) is 1. The van der Waals surface area contributed by atoms with Gasteiger partial charge in [-0.05, 0) is 78.6 Å². The van der Waals surface area contributed by atoms with Crippen molar-refractivity contribution in [3.05, 3.63) is 77.9 Å². The van der Waals surface area contributed by atoms with E-state index in [9.17, 15) is 9.90 Å². The second kappa shape index (κ2) is 15.5. The first kappa shape index (κ1) is 32.8. The first-order chi connectivity index (χ1) is 19.4. The normalized spacial score (nSPS) is 14.0. The van der Waals surface area contributed by atoms with Crippen LogP contribution in [0.4, 0.5) is 0 Å². The maximum atomic E-state index is 11.7. The van der Waals surface area contributed by atoms with E-state index in [-0.39, 0.29) is 43.5 Å². The van der Waals surface area contributed by atoms with Gasteiger partial charge in [0.15, 0.2) is 5.78 Å². The Kier molecular flexibility index (Phi) is 12.4. The molecule has 5 rings (SSSR count). The molecule has 2 aromatic carbocycles. The zero-order valence-electron chi connectivity index (χ0n) is 25.1. The monoisotopic (exact) mass is 731 g/mol. The van der Waals surface area contributed by atoms with Crippen molar-refractivity contribution in [2.45, 2.75) is 91.9 Å². The SMILES string of the molecule is CCC(CC)C(=O)/C=C(\O)C(CC)CC.Cc1[c-]c(-c2nccc3cc(C4CCCC4)ccc23)c2occc2c1.[Ir]. The molecule has 0 saturated heterocycles. The first-order valence-corrected chi connectivity index (χ1v) is 15.1. The summed E-state index contributed by atoms with van der Waals surface area (Å²) in [5.41, 5.74) is 5.35. The number of furan rings is 1. The number of aromatic nitrogens is 1. The first-order valence-electron chi connectivity index (χ1n) is 15.1. The van der Waals surface area contributed by atoms with Crippen LogP contribution in [0.2, 0.25) is 0 Å². The van der Waals surface area contributed by atoms with Crippen molar-refractivity contribution >= 4 is 27.5 Å². The maximum Gasteiger partial charge on any atom is 0.162 e. The molecule has 221 valence electrons. The predicted molar refractivity (Wildman–Crippen MR) is 166 cm³/mol. The zero-order chi connectivity index (χ0) is 28.6. The van der Waals surface area contributed by atoms with Crippen molar-refractivity contribution < 1.29 is 34.4 Å². The summed E-state index contributed by atoms with van der Waals surface area (Å²) >= 11 is 0. The van der Waals surface area contributed by atoms with Crippen LogP contribution in [-0.2, 0) is 24.9 Å². The van der Waals surface area contributed by atoms with Crippen molar-refractivity contribution in [1.29, 1.82) is 0 Å². The Hall–Kier alpha value is -2.75. The number of aliphatic hydroxyl groups excluding tert-OH is 1. The van der Waals surface area contributed by atoms with Crippen LogP contribution in [0.3, 0.4) is 0 Å². The Labute approximate surface area is 259 Å². The molecule has 1 fully saturated rings. The number of nitrogens with zero attached hydrogens (tertiary/aromatic N) is 1. The molecular weight excluding hydrogens is 687 g/mol. The standard InChI is InChI=1S/C23H20NO.C13H24O2.Ir/c1-15-12-19-9-11-25-23(19)21(13-15)22-20-7-6-17(16-4-2-3-5-16)14-18(20)8-10-24-22;1-5-10(6-2)12(14)9-13(15)11(7-3)8-4;/h6-12,14,16H,2-5H2,1H3;9-11,14H,5-8H2,1-4H3;/q-1;;/b;12-9-;. The molecule has 0 spiro atoms. The summed E-state index contributed by atoms with van der Waals surface area (Å²) in [5, 5.41) is 13.3. The van der Waals surface area contributed by atoms with Gasteiger partial charge in [0.25, 0.3) is 0 Å². The second-order valence-corrected chi connectivity index (χ2v) is 11.2. The van der Waals surface area contributed by atoms with Crippen LogP contribution in [0.5, 0.6) is 0 Å². The van der Waals surface area contributed by atoms with Crippen LogP contribution >= 0.6 is 0 Å². The number of aliphatic hydroxyl groups is 1. The molecule has 2 heterocycles. The summed E-state index contributed by atoms with van der Waals surface area (Å²) in [5.74, 6) is 1.27. The molecule has 41 heavy (non-hydrogen) atoms. The van der Waals surface area contributed by atoms with Crippen LogP contribution in [0, 0.1) is 24.8 Å². The molecule has 0 atom stereocenters. The minimum absolute atomic E-state index is 0. The smallest absolute Gasteiger partial charge is 0.162 e. The van der Waals surface area contributed by atoms with Crippen LogP contribution < -0.4 is 0 Å². The van der Waals surface area contributed by atoms with Gasteiger partial charge < -0.3 is 14.5 Å². The fourth-order valence-electron chi connectivity index (χ4n) is 6.01. The minimum Gasteiger partial charge on any atom is -0.512 e. The molecular formula is C36H44IrNO3-. The van der Waals surface area contributed by atoms with Crippen LogP contribution in [0.1, 0.15) is 96.1 Å². The topological polar surface area (TPSA) is 63.3 Å². The van der Waals surface area contributed by atoms with Crippen molar-refractivity contribution in [3.8, 4) is 11.3 Å². The molecule has 0 unspecified atom stereocenters. The molecule has 0 bridgehead atoms. The van der Waals surface area contributed by atoms with Gasteiger partial charge in [-0.3, -0.25) is 4.79 Å². The largest absolute Gasteiger partial charge is 0.512 e. The quantitative estimate of drug-likeness (QED) is 0.106. The Bertz CT molecular complexity index is 1460. The molecule has 1 N–H and O–H groups in total. The third-order valence-corrected chi connectivity index (χ3v) is 8.55. The Morgan fingerprint density at radius 1 is 1.00 bits per heavy atom. The van der Waals surface area contributed by atoms with Gasteiger partial charge in [-0.1, -0.05) is 76.6 Å². The maximum absolute atomic E-state index is 11.7. The molecule has 2 aromatic heterocycles. The summed E-state index contributed by atoms with van der Waals surface area (Å²) in [6.45, 7) is 10.1. The number of allylic oxidation sites excluding steroid dienone is 2. The number of fused-ring (bicyclic) bond motifs is 2. The van der Waals surface area contributed by atoms with Gasteiger partial charge in [0.05, 0.1) is 17.6 Å². The number of hydrogen-bond acceptors (Lipinski definition) is 4. The Morgan fingerprint density at radius 2 is 1.68 bits per heavy atom. The number of aryl methyl sites for hydroxylation is 1. The van der Waals surface area contributed by atoms with Crippen LogP contribution in [-0.4, -0.2) is 15.9 Å². The number of rotatable bonds is 9. The summed E-state index contributed by atoms with van der Waals surface area (Å²) in [6, 6.07) is 16.6. The van der Waals surface area contributed by atoms with Crippen molar-refractivity contribution in [2.75, 3.05) is 0 Å². The molecule has 0 amide bonds. The predicted octanol–water partition coefficient (Wildman–Crippen LogP) is 10.3. The van der Waals surface area contributed by atoms with Gasteiger partial charge in [-0.2, -0.15) is 0 Å². The van der Waals surface area contributed by atoms with Gasteiger partial charge in [-0.15, -0.1) is 17.7 Å². The molecule has 5 heteroatoms. The van der Waals surface area contributed by atoms with Crippen LogP contribution in [0.15, 0.2) is 65.1 Å². The second-order valence-electron chi connectivity index (χ2n) is 11.2. The third kappa shape index (κ3) is 7.76. The van der Waals surface area contributed by atoms with Gasteiger partial charge >= 0.3 is 0 Å². The summed E-state index contributed by atoms with van der Waals surface area (Å²) in [7, 11) is 0. The van der Waals surface area contributed by atoms with E-state index >= 15 is 0 Å². The average Bonchev–Trinajstić information content (AvgIpc) is 3.66. The summed E-state index contributed by atoms with van der Waals surface area (Å²) < 4.78 is 5.74. The minimum atomic E-state index is 0. The van der Waals surface area contributed by atoms with E-state index in [1.54, 1.807) is 6.26 Å².